The van der Waals surface area contributed by atoms with Gasteiger partial charge in [0.25, 0.3) is 5.91 Å². The van der Waals surface area contributed by atoms with Crippen molar-refractivity contribution in [1.29, 1.82) is 0 Å². The molecular formula is C21H21FN4O3. The minimum absolute atomic E-state index is 0.104. The van der Waals surface area contributed by atoms with Crippen LogP contribution in [-0.2, 0) is 0 Å². The van der Waals surface area contributed by atoms with Crippen molar-refractivity contribution in [3.8, 4) is 22.9 Å². The number of carbonyl (C=O) groups excluding carboxylic acids is 1. The number of carbonyl (C=O) groups is 1. The van der Waals surface area contributed by atoms with Crippen LogP contribution in [0, 0.1) is 5.82 Å². The van der Waals surface area contributed by atoms with E-state index in [1.807, 2.05) is 0 Å². The van der Waals surface area contributed by atoms with Gasteiger partial charge in [-0.3, -0.25) is 9.89 Å². The smallest absolute Gasteiger partial charge is 0.254 e. The summed E-state index contributed by atoms with van der Waals surface area (Å²) < 4.78 is 23.7. The van der Waals surface area contributed by atoms with E-state index in [0.717, 1.165) is 12.8 Å². The molecule has 1 aliphatic heterocycles. The number of aromatic nitrogens is 3. The predicted molar refractivity (Wildman–Crippen MR) is 104 cm³/mol. The van der Waals surface area contributed by atoms with Crippen LogP contribution < -0.4 is 9.47 Å². The van der Waals surface area contributed by atoms with Gasteiger partial charge in [0.15, 0.2) is 17.3 Å². The van der Waals surface area contributed by atoms with Crippen molar-refractivity contribution in [3.05, 3.63) is 59.7 Å². The summed E-state index contributed by atoms with van der Waals surface area (Å²) in [5.74, 6) is 1.76. The quantitative estimate of drug-likeness (QED) is 0.713. The number of amides is 1. The molecule has 1 fully saturated rings. The van der Waals surface area contributed by atoms with Gasteiger partial charge in [-0.25, -0.2) is 9.37 Å². The summed E-state index contributed by atoms with van der Waals surface area (Å²) in [6, 6.07) is 10.9. The van der Waals surface area contributed by atoms with Crippen LogP contribution in [0.1, 0.15) is 35.1 Å². The number of nitrogens with one attached hydrogen (secondary N) is 1. The summed E-state index contributed by atoms with van der Waals surface area (Å²) in [5.41, 5.74) is 1.23. The fourth-order valence-electron chi connectivity index (χ4n) is 3.58. The molecule has 0 saturated carbocycles. The molecule has 2 aromatic carbocycles. The molecule has 2 heterocycles. The average Bonchev–Trinajstić information content (AvgIpc) is 3.42. The maximum absolute atomic E-state index is 13.1. The number of hydrogen-bond acceptors (Lipinski definition) is 5. The van der Waals surface area contributed by atoms with Crippen LogP contribution in [0.25, 0.3) is 11.4 Å². The Balaban J connectivity index is 1.58. The number of likely N-dealkylation sites (tertiary alicyclic amines) is 1. The van der Waals surface area contributed by atoms with Crippen molar-refractivity contribution in [1.82, 2.24) is 20.1 Å². The summed E-state index contributed by atoms with van der Waals surface area (Å²) in [6.07, 6.45) is 1.66. The van der Waals surface area contributed by atoms with E-state index >= 15 is 0 Å². The van der Waals surface area contributed by atoms with E-state index in [2.05, 4.69) is 15.2 Å². The zero-order valence-electron chi connectivity index (χ0n) is 16.2. The Bertz CT molecular complexity index is 1020. The van der Waals surface area contributed by atoms with Crippen LogP contribution in [0.15, 0.2) is 42.5 Å². The Morgan fingerprint density at radius 2 is 1.90 bits per heavy atom. The van der Waals surface area contributed by atoms with E-state index in [4.69, 9.17) is 9.47 Å². The Hall–Kier alpha value is -3.42. The second-order valence-corrected chi connectivity index (χ2v) is 6.78. The molecule has 8 heteroatoms. The first-order valence-corrected chi connectivity index (χ1v) is 9.32. The Labute approximate surface area is 167 Å². The fraction of sp³-hybridized carbons (Fsp3) is 0.286. The van der Waals surface area contributed by atoms with Gasteiger partial charge in [0.1, 0.15) is 11.6 Å². The van der Waals surface area contributed by atoms with Gasteiger partial charge in [-0.1, -0.05) is 0 Å². The fourth-order valence-corrected chi connectivity index (χ4v) is 3.58. The molecule has 0 spiro atoms. The summed E-state index contributed by atoms with van der Waals surface area (Å²) in [4.78, 5) is 19.5. The number of aromatic amines is 1. The highest BCUT2D eigenvalue weighted by Crippen LogP contribution is 2.34. The molecule has 1 aliphatic rings. The summed E-state index contributed by atoms with van der Waals surface area (Å²) in [5, 5.41) is 7.19. The zero-order valence-corrected chi connectivity index (χ0v) is 16.2. The summed E-state index contributed by atoms with van der Waals surface area (Å²) in [6.45, 7) is 0.629. The molecule has 0 bridgehead atoms. The van der Waals surface area contributed by atoms with E-state index in [-0.39, 0.29) is 17.8 Å². The van der Waals surface area contributed by atoms with Crippen molar-refractivity contribution < 1.29 is 18.7 Å². The topological polar surface area (TPSA) is 80.3 Å². The second-order valence-electron chi connectivity index (χ2n) is 6.78. The SMILES string of the molecule is COc1ccc(C(=O)N2CCC[C@H]2c2nc(-c3ccc(F)cc3)n[nH]2)cc1OC. The molecule has 150 valence electrons. The van der Waals surface area contributed by atoms with Crippen molar-refractivity contribution in [2.24, 2.45) is 0 Å². The van der Waals surface area contributed by atoms with E-state index in [1.165, 1.54) is 19.2 Å². The molecular weight excluding hydrogens is 375 g/mol. The molecule has 4 rings (SSSR count). The summed E-state index contributed by atoms with van der Waals surface area (Å²) >= 11 is 0. The van der Waals surface area contributed by atoms with E-state index in [0.29, 0.717) is 40.8 Å². The van der Waals surface area contributed by atoms with Gasteiger partial charge >= 0.3 is 0 Å². The largest absolute Gasteiger partial charge is 0.493 e. The second kappa shape index (κ2) is 7.90. The van der Waals surface area contributed by atoms with Crippen LogP contribution in [0.3, 0.4) is 0 Å². The van der Waals surface area contributed by atoms with Crippen LogP contribution in [-0.4, -0.2) is 46.8 Å². The lowest BCUT2D eigenvalue weighted by molar-refractivity contribution is 0.0729. The zero-order chi connectivity index (χ0) is 20.4. The normalized spacial score (nSPS) is 16.1. The molecule has 7 nitrogen and oxygen atoms in total. The third-order valence-corrected chi connectivity index (χ3v) is 5.06. The van der Waals surface area contributed by atoms with Gasteiger partial charge in [0.05, 0.1) is 20.3 Å². The lowest BCUT2D eigenvalue weighted by Gasteiger charge is -2.23. The van der Waals surface area contributed by atoms with Gasteiger partial charge in [0.2, 0.25) is 0 Å². The average molecular weight is 396 g/mol. The first kappa shape index (κ1) is 18.9. The molecule has 0 aliphatic carbocycles. The van der Waals surface area contributed by atoms with Crippen molar-refractivity contribution in [2.75, 3.05) is 20.8 Å². The molecule has 1 aromatic heterocycles. The maximum atomic E-state index is 13.1. The molecule has 1 amide bonds. The van der Waals surface area contributed by atoms with E-state index in [1.54, 1.807) is 42.3 Å². The minimum Gasteiger partial charge on any atom is -0.493 e. The number of halogens is 1. The lowest BCUT2D eigenvalue weighted by Crippen LogP contribution is -2.31. The molecule has 0 unspecified atom stereocenters. The summed E-state index contributed by atoms with van der Waals surface area (Å²) in [7, 11) is 3.09. The number of methoxy groups -OCH3 is 2. The number of nitrogens with zero attached hydrogens (tertiary/aromatic N) is 3. The van der Waals surface area contributed by atoms with Crippen molar-refractivity contribution in [3.63, 3.8) is 0 Å². The molecule has 0 radical (unpaired) electrons. The molecule has 1 saturated heterocycles. The van der Waals surface area contributed by atoms with Gasteiger partial charge in [-0.15, -0.1) is 0 Å². The van der Waals surface area contributed by atoms with E-state index < -0.39 is 0 Å². The third-order valence-electron chi connectivity index (χ3n) is 5.06. The highest BCUT2D eigenvalue weighted by molar-refractivity contribution is 5.95. The predicted octanol–water partition coefficient (Wildman–Crippen LogP) is 3.61. The lowest BCUT2D eigenvalue weighted by atomic mass is 10.1. The van der Waals surface area contributed by atoms with Crippen LogP contribution in [0.2, 0.25) is 0 Å². The highest BCUT2D eigenvalue weighted by atomic mass is 19.1. The van der Waals surface area contributed by atoms with Crippen LogP contribution in [0.5, 0.6) is 11.5 Å². The molecule has 3 aromatic rings. The molecule has 29 heavy (non-hydrogen) atoms. The third kappa shape index (κ3) is 3.65. The Kier molecular flexibility index (Phi) is 5.16. The molecule has 1 atom stereocenters. The first-order valence-electron chi connectivity index (χ1n) is 9.32. The first-order chi connectivity index (χ1) is 14.1. The van der Waals surface area contributed by atoms with Crippen molar-refractivity contribution in [2.45, 2.75) is 18.9 Å². The number of ether oxygens (including phenoxy) is 2. The van der Waals surface area contributed by atoms with Gasteiger partial charge in [-0.2, -0.15) is 5.10 Å². The minimum atomic E-state index is -0.313. The molecule has 1 N–H and O–H groups in total. The maximum Gasteiger partial charge on any atom is 0.254 e. The van der Waals surface area contributed by atoms with E-state index in [9.17, 15) is 9.18 Å². The number of rotatable bonds is 5. The van der Waals surface area contributed by atoms with Gasteiger partial charge in [-0.05, 0) is 55.3 Å². The number of hydrogen-bond donors (Lipinski definition) is 1. The van der Waals surface area contributed by atoms with Gasteiger partial charge in [0, 0.05) is 17.7 Å². The monoisotopic (exact) mass is 396 g/mol. The highest BCUT2D eigenvalue weighted by Gasteiger charge is 2.33. The number of benzene rings is 2. The van der Waals surface area contributed by atoms with Gasteiger partial charge < -0.3 is 14.4 Å². The standard InChI is InChI=1S/C21H21FN4O3/c1-28-17-10-7-14(12-18(17)29-2)21(27)26-11-3-4-16(26)20-23-19(24-25-20)13-5-8-15(22)9-6-13/h5-10,12,16H,3-4,11H2,1-2H3,(H,23,24,25)/t16-/m0/s1. The van der Waals surface area contributed by atoms with Crippen LogP contribution >= 0.6 is 0 Å². The van der Waals surface area contributed by atoms with Crippen molar-refractivity contribution >= 4 is 5.91 Å². The Morgan fingerprint density at radius 3 is 2.62 bits per heavy atom. The van der Waals surface area contributed by atoms with Crippen LogP contribution in [0.4, 0.5) is 4.39 Å². The Morgan fingerprint density at radius 1 is 1.14 bits per heavy atom. The number of H-pyrrole nitrogens is 1.